The molecule has 0 saturated heterocycles. The molecule has 5 heteroatoms. The van der Waals surface area contributed by atoms with Crippen molar-refractivity contribution in [2.24, 2.45) is 5.18 Å². The molecule has 76 valence electrons. The summed E-state index contributed by atoms with van der Waals surface area (Å²) in [6.07, 6.45) is 2.79. The van der Waals surface area contributed by atoms with Gasteiger partial charge in [-0.2, -0.15) is 0 Å². The lowest BCUT2D eigenvalue weighted by Crippen LogP contribution is -1.77. The Morgan fingerprint density at radius 2 is 2.47 bits per heavy atom. The maximum atomic E-state index is 10.1. The van der Waals surface area contributed by atoms with Gasteiger partial charge < -0.3 is 10.1 Å². The third-order valence-corrected chi connectivity index (χ3v) is 2.19. The zero-order valence-electron chi connectivity index (χ0n) is 8.06. The molecular formula is C10H9N3O2. The summed E-state index contributed by atoms with van der Waals surface area (Å²) in [7, 11) is 0. The second kappa shape index (κ2) is 3.53. The minimum atomic E-state index is 0.00102. The number of nitrogens with zero attached hydrogens (tertiary/aromatic N) is 2. The van der Waals surface area contributed by atoms with E-state index in [1.165, 1.54) is 0 Å². The van der Waals surface area contributed by atoms with Gasteiger partial charge in [-0.05, 0) is 29.8 Å². The van der Waals surface area contributed by atoms with Crippen molar-refractivity contribution < 1.29 is 5.11 Å². The van der Waals surface area contributed by atoms with E-state index < -0.39 is 0 Å². The van der Waals surface area contributed by atoms with Crippen molar-refractivity contribution in [1.82, 2.24) is 9.97 Å². The van der Waals surface area contributed by atoms with E-state index in [1.807, 2.05) is 6.07 Å². The zero-order chi connectivity index (χ0) is 10.8. The highest BCUT2D eigenvalue weighted by Gasteiger charge is 2.12. The van der Waals surface area contributed by atoms with Gasteiger partial charge >= 0.3 is 0 Å². The van der Waals surface area contributed by atoms with Crippen LogP contribution < -0.4 is 0 Å². The molecule has 5 nitrogen and oxygen atoms in total. The molecule has 0 unspecified atom stereocenters. The molecule has 2 heterocycles. The van der Waals surface area contributed by atoms with Crippen LogP contribution in [0.2, 0.25) is 0 Å². The van der Waals surface area contributed by atoms with Gasteiger partial charge in [-0.1, -0.05) is 0 Å². The Morgan fingerprint density at radius 1 is 1.67 bits per heavy atom. The summed E-state index contributed by atoms with van der Waals surface area (Å²) in [5, 5.41) is 13.1. The quantitative estimate of drug-likeness (QED) is 0.735. The number of fused-ring (bicyclic) bond motifs is 1. The molecule has 2 N–H and O–H groups in total. The summed E-state index contributed by atoms with van der Waals surface area (Å²) in [5.74, 6) is 0.00102. The largest absolute Gasteiger partial charge is 0.494 e. The fourth-order valence-electron chi connectivity index (χ4n) is 1.55. The molecule has 2 rings (SSSR count). The van der Waals surface area contributed by atoms with E-state index in [-0.39, 0.29) is 5.88 Å². The van der Waals surface area contributed by atoms with Crippen LogP contribution in [0.3, 0.4) is 0 Å². The van der Waals surface area contributed by atoms with Crippen LogP contribution in [0.25, 0.3) is 16.6 Å². The average molecular weight is 203 g/mol. The van der Waals surface area contributed by atoms with Crippen LogP contribution in [0.1, 0.15) is 12.5 Å². The molecule has 0 atom stereocenters. The van der Waals surface area contributed by atoms with E-state index in [0.717, 1.165) is 11.6 Å². The van der Waals surface area contributed by atoms with E-state index in [9.17, 15) is 10.0 Å². The smallest absolute Gasteiger partial charge is 0.198 e. The molecule has 0 spiro atoms. The predicted molar refractivity (Wildman–Crippen MR) is 57.2 cm³/mol. The van der Waals surface area contributed by atoms with Crippen molar-refractivity contribution in [3.63, 3.8) is 0 Å². The van der Waals surface area contributed by atoms with Crippen molar-refractivity contribution in [3.8, 4) is 5.88 Å². The van der Waals surface area contributed by atoms with Crippen LogP contribution in [0, 0.1) is 4.91 Å². The van der Waals surface area contributed by atoms with Gasteiger partial charge in [0.1, 0.15) is 5.65 Å². The molecule has 0 aromatic carbocycles. The van der Waals surface area contributed by atoms with Gasteiger partial charge in [0.05, 0.1) is 11.8 Å². The number of allylic oxidation sites excluding steroid dienone is 1. The number of aromatic amines is 1. The Morgan fingerprint density at radius 3 is 3.20 bits per heavy atom. The lowest BCUT2D eigenvalue weighted by Gasteiger charge is -1.96. The normalized spacial score (nSPS) is 11.9. The number of nitroso groups, excluding NO2 is 1. The minimum absolute atomic E-state index is 0.00102. The highest BCUT2D eigenvalue weighted by Crippen LogP contribution is 2.31. The molecule has 0 radical (unpaired) electrons. The molecule has 0 amide bonds. The highest BCUT2D eigenvalue weighted by atomic mass is 16.3. The Labute approximate surface area is 85.4 Å². The van der Waals surface area contributed by atoms with Crippen LogP contribution in [-0.4, -0.2) is 15.1 Å². The number of hydrogen-bond donors (Lipinski definition) is 2. The molecule has 0 aliphatic heterocycles. The second-order valence-electron chi connectivity index (χ2n) is 3.17. The first-order chi connectivity index (χ1) is 7.24. The lowest BCUT2D eigenvalue weighted by molar-refractivity contribution is 0.456. The average Bonchev–Trinajstić information content (AvgIpc) is 2.54. The maximum Gasteiger partial charge on any atom is 0.198 e. The summed E-state index contributed by atoms with van der Waals surface area (Å²) in [6.45, 7) is 1.71. The fraction of sp³-hybridized carbons (Fsp3) is 0.100. The Hall–Kier alpha value is -2.17. The number of rotatable bonds is 2. The number of pyridine rings is 1. The van der Waals surface area contributed by atoms with E-state index in [0.29, 0.717) is 16.8 Å². The van der Waals surface area contributed by atoms with Gasteiger partial charge in [0, 0.05) is 11.6 Å². The van der Waals surface area contributed by atoms with Gasteiger partial charge in [0.25, 0.3) is 0 Å². The molecule has 0 fully saturated rings. The van der Waals surface area contributed by atoms with Crippen molar-refractivity contribution in [3.05, 3.63) is 35.0 Å². The predicted octanol–water partition coefficient (Wildman–Crippen LogP) is 2.40. The summed E-state index contributed by atoms with van der Waals surface area (Å²) >= 11 is 0. The molecule has 0 saturated carbocycles. The molecule has 0 aliphatic rings. The van der Waals surface area contributed by atoms with Gasteiger partial charge in [-0.15, -0.1) is 4.91 Å². The number of aromatic hydroxyl groups is 1. The maximum absolute atomic E-state index is 10.1. The Bertz CT molecular complexity index is 543. The van der Waals surface area contributed by atoms with E-state index in [4.69, 9.17) is 0 Å². The van der Waals surface area contributed by atoms with Crippen LogP contribution in [0.5, 0.6) is 5.88 Å². The first-order valence-electron chi connectivity index (χ1n) is 4.39. The first-order valence-corrected chi connectivity index (χ1v) is 4.39. The summed E-state index contributed by atoms with van der Waals surface area (Å²) in [6, 6.07) is 3.58. The van der Waals surface area contributed by atoms with E-state index in [2.05, 4.69) is 15.1 Å². The number of nitrogens with one attached hydrogen (secondary N) is 1. The molecule has 2 aromatic heterocycles. The summed E-state index contributed by atoms with van der Waals surface area (Å²) < 4.78 is 0. The van der Waals surface area contributed by atoms with Gasteiger partial charge in [0.2, 0.25) is 0 Å². The molecule has 0 aliphatic carbocycles. The Balaban J connectivity index is 2.74. The van der Waals surface area contributed by atoms with Crippen LogP contribution in [-0.2, 0) is 0 Å². The van der Waals surface area contributed by atoms with Crippen molar-refractivity contribution in [1.29, 1.82) is 0 Å². The van der Waals surface area contributed by atoms with E-state index in [1.54, 1.807) is 19.2 Å². The lowest BCUT2D eigenvalue weighted by atomic mass is 10.1. The molecular weight excluding hydrogens is 194 g/mol. The Kier molecular flexibility index (Phi) is 2.21. The molecule has 2 aromatic rings. The SMILES string of the molecule is C/C(=C\N=O)c1c(O)[nH]c2ncccc12. The van der Waals surface area contributed by atoms with Crippen LogP contribution >= 0.6 is 0 Å². The minimum Gasteiger partial charge on any atom is -0.494 e. The van der Waals surface area contributed by atoms with Gasteiger partial charge in [-0.3, -0.25) is 0 Å². The molecule has 0 bridgehead atoms. The summed E-state index contributed by atoms with van der Waals surface area (Å²) in [5.41, 5.74) is 1.75. The standard InChI is InChI=1S/C10H9N3O2/c1-6(5-12-15)8-7-3-2-4-11-9(7)13-10(8)14/h2-5,14H,1H3,(H,11,13)/b6-5+. The van der Waals surface area contributed by atoms with Gasteiger partial charge in [-0.25, -0.2) is 4.98 Å². The first kappa shape index (κ1) is 9.39. The van der Waals surface area contributed by atoms with Crippen LogP contribution in [0.15, 0.2) is 29.7 Å². The third-order valence-electron chi connectivity index (χ3n) is 2.19. The fourth-order valence-corrected chi connectivity index (χ4v) is 1.55. The van der Waals surface area contributed by atoms with E-state index >= 15 is 0 Å². The third kappa shape index (κ3) is 1.48. The monoisotopic (exact) mass is 203 g/mol. The van der Waals surface area contributed by atoms with Crippen molar-refractivity contribution in [2.75, 3.05) is 0 Å². The number of H-pyrrole nitrogens is 1. The number of aromatic nitrogens is 2. The topological polar surface area (TPSA) is 78.3 Å². The highest BCUT2D eigenvalue weighted by molar-refractivity contribution is 5.93. The van der Waals surface area contributed by atoms with Crippen molar-refractivity contribution in [2.45, 2.75) is 6.92 Å². The van der Waals surface area contributed by atoms with Crippen molar-refractivity contribution >= 4 is 16.6 Å². The number of hydrogen-bond acceptors (Lipinski definition) is 4. The summed E-state index contributed by atoms with van der Waals surface area (Å²) in [4.78, 5) is 16.9. The molecule has 15 heavy (non-hydrogen) atoms. The van der Waals surface area contributed by atoms with Crippen LogP contribution in [0.4, 0.5) is 0 Å². The second-order valence-corrected chi connectivity index (χ2v) is 3.17. The van der Waals surface area contributed by atoms with Gasteiger partial charge in [0.15, 0.2) is 5.88 Å². The zero-order valence-corrected chi connectivity index (χ0v) is 8.06.